The number of carboxylic acid groups (broad SMARTS) is 2. The molecule has 0 bridgehead atoms. The van der Waals surface area contributed by atoms with E-state index in [1.165, 1.54) is 38.1 Å². The second-order valence-electron chi connectivity index (χ2n) is 8.75. The molecule has 0 aliphatic heterocycles. The van der Waals surface area contributed by atoms with Crippen molar-refractivity contribution in [2.45, 2.75) is 13.8 Å². The van der Waals surface area contributed by atoms with Gasteiger partial charge in [0.05, 0.1) is 5.56 Å². The van der Waals surface area contributed by atoms with Gasteiger partial charge in [0.15, 0.2) is 5.78 Å². The number of ketones is 1. The number of hydrogen-bond donors (Lipinski definition) is 2. The lowest BCUT2D eigenvalue weighted by atomic mass is 9.91. The normalized spacial score (nSPS) is 10.9. The molecule has 0 spiro atoms. The molecular weight excluding hydrogens is 523 g/mol. The number of halogens is 5. The Balaban J connectivity index is 2.01. The van der Waals surface area contributed by atoms with Crippen molar-refractivity contribution >= 4 is 17.7 Å². The minimum Gasteiger partial charge on any atom is -0.477 e. The first-order valence-corrected chi connectivity index (χ1v) is 11.2. The maximum Gasteiger partial charge on any atom is 0.341 e. The lowest BCUT2D eigenvalue weighted by molar-refractivity contribution is 0.0675. The molecular formula is C29H17F5O5. The maximum absolute atomic E-state index is 14.8. The number of benzene rings is 4. The number of carbonyl (C=O) groups is 3. The van der Waals surface area contributed by atoms with Gasteiger partial charge in [0.1, 0.15) is 40.2 Å². The van der Waals surface area contributed by atoms with Crippen molar-refractivity contribution in [2.75, 3.05) is 0 Å². The van der Waals surface area contributed by atoms with Crippen molar-refractivity contribution in [3.05, 3.63) is 106 Å². The van der Waals surface area contributed by atoms with Gasteiger partial charge in [-0.15, -0.1) is 0 Å². The molecule has 0 saturated carbocycles. The molecule has 0 radical (unpaired) electrons. The molecule has 0 heterocycles. The smallest absolute Gasteiger partial charge is 0.341 e. The quantitative estimate of drug-likeness (QED) is 0.198. The van der Waals surface area contributed by atoms with E-state index in [9.17, 15) is 36.3 Å². The van der Waals surface area contributed by atoms with Crippen LogP contribution in [0.25, 0.3) is 33.4 Å². The predicted molar refractivity (Wildman–Crippen MR) is 131 cm³/mol. The van der Waals surface area contributed by atoms with Crippen molar-refractivity contribution in [1.82, 2.24) is 0 Å². The minimum absolute atomic E-state index is 0.0640. The number of carbonyl (C=O) groups excluding carboxylic acids is 1. The Bertz CT molecular complexity index is 1430. The van der Waals surface area contributed by atoms with E-state index < -0.39 is 57.9 Å². The third-order valence-corrected chi connectivity index (χ3v) is 6.08. The molecule has 198 valence electrons. The van der Waals surface area contributed by atoms with Crippen LogP contribution < -0.4 is 0 Å². The number of Topliss-reactive ketones (excluding diaryl/α,β-unsaturated/α-hetero) is 1. The summed E-state index contributed by atoms with van der Waals surface area (Å²) in [6.07, 6.45) is 0. The Labute approximate surface area is 217 Å². The van der Waals surface area contributed by atoms with Crippen LogP contribution in [0.15, 0.2) is 54.6 Å². The second kappa shape index (κ2) is 10.1. The molecule has 0 saturated heterocycles. The second-order valence-corrected chi connectivity index (χ2v) is 8.75. The largest absolute Gasteiger partial charge is 0.477 e. The van der Waals surface area contributed by atoms with Gasteiger partial charge in [0.25, 0.3) is 0 Å². The van der Waals surface area contributed by atoms with Crippen molar-refractivity contribution < 1.29 is 46.5 Å². The first kappa shape index (κ1) is 27.2. The maximum atomic E-state index is 14.8. The van der Waals surface area contributed by atoms with Crippen LogP contribution in [0.4, 0.5) is 22.0 Å². The average molecular weight is 540 g/mol. The first-order chi connectivity index (χ1) is 18.3. The third kappa shape index (κ3) is 5.13. The topological polar surface area (TPSA) is 91.7 Å². The Kier molecular flexibility index (Phi) is 7.06. The highest BCUT2D eigenvalue weighted by Crippen LogP contribution is 2.36. The summed E-state index contributed by atoms with van der Waals surface area (Å²) in [5, 5.41) is 18.1. The highest BCUT2D eigenvalue weighted by molar-refractivity contribution is 5.97. The number of rotatable bonds is 6. The van der Waals surface area contributed by atoms with Gasteiger partial charge in [0.2, 0.25) is 0 Å². The number of aromatic carboxylic acids is 2. The zero-order valence-corrected chi connectivity index (χ0v) is 20.2. The van der Waals surface area contributed by atoms with E-state index in [4.69, 9.17) is 10.2 Å². The van der Waals surface area contributed by atoms with E-state index in [-0.39, 0.29) is 44.5 Å². The molecule has 4 aromatic carbocycles. The SMILES string of the molecule is CC(=O)c1c(C)cc(-c2cc(-c3cc(F)c(C(=O)O)c(F)c3)cc(-c3cc(F)c(C(=O)O)c(F)c3)c2)cc1F. The van der Waals surface area contributed by atoms with Crippen molar-refractivity contribution in [3.8, 4) is 33.4 Å². The van der Waals surface area contributed by atoms with Crippen LogP contribution in [0.5, 0.6) is 0 Å². The summed E-state index contributed by atoms with van der Waals surface area (Å²) in [7, 11) is 0. The van der Waals surface area contributed by atoms with Gasteiger partial charge in [-0.05, 0) is 101 Å². The molecule has 39 heavy (non-hydrogen) atoms. The van der Waals surface area contributed by atoms with Gasteiger partial charge < -0.3 is 10.2 Å². The highest BCUT2D eigenvalue weighted by atomic mass is 19.1. The fraction of sp³-hybridized carbons (Fsp3) is 0.0690. The van der Waals surface area contributed by atoms with E-state index >= 15 is 0 Å². The molecule has 0 atom stereocenters. The van der Waals surface area contributed by atoms with Crippen molar-refractivity contribution in [3.63, 3.8) is 0 Å². The average Bonchev–Trinajstić information content (AvgIpc) is 2.81. The summed E-state index contributed by atoms with van der Waals surface area (Å²) < 4.78 is 72.8. The first-order valence-electron chi connectivity index (χ1n) is 11.2. The molecule has 0 aliphatic rings. The molecule has 0 amide bonds. The number of carboxylic acids is 2. The highest BCUT2D eigenvalue weighted by Gasteiger charge is 2.22. The number of hydrogen-bond acceptors (Lipinski definition) is 3. The fourth-order valence-electron chi connectivity index (χ4n) is 4.37. The predicted octanol–water partition coefficient (Wildman–Crippen LogP) is 7.29. The Morgan fingerprint density at radius 3 is 1.00 bits per heavy atom. The third-order valence-electron chi connectivity index (χ3n) is 6.08. The lowest BCUT2D eigenvalue weighted by Gasteiger charge is -2.14. The van der Waals surface area contributed by atoms with Crippen LogP contribution in [-0.2, 0) is 0 Å². The molecule has 0 aliphatic carbocycles. The van der Waals surface area contributed by atoms with Crippen molar-refractivity contribution in [1.29, 1.82) is 0 Å². The molecule has 0 fully saturated rings. The van der Waals surface area contributed by atoms with E-state index in [1.54, 1.807) is 0 Å². The van der Waals surface area contributed by atoms with Crippen LogP contribution in [0.1, 0.15) is 43.6 Å². The monoisotopic (exact) mass is 540 g/mol. The standard InChI is InChI=1S/C29H17F5O5/c1-12-3-14(7-20(30)25(12)13(2)35)15-4-16(18-8-21(31)26(28(36)37)22(32)9-18)6-17(5-15)19-10-23(33)27(29(38)39)24(34)11-19/h3-11H,1-2H3,(H,36,37)(H,38,39). The molecule has 0 unspecified atom stereocenters. The Morgan fingerprint density at radius 1 is 0.487 bits per heavy atom. The van der Waals surface area contributed by atoms with Crippen LogP contribution in [0.2, 0.25) is 0 Å². The molecule has 2 N–H and O–H groups in total. The zero-order chi connectivity index (χ0) is 28.8. The van der Waals surface area contributed by atoms with Crippen LogP contribution >= 0.6 is 0 Å². The zero-order valence-electron chi connectivity index (χ0n) is 20.2. The summed E-state index contributed by atoms with van der Waals surface area (Å²) in [5.41, 5.74) is -1.94. The van der Waals surface area contributed by atoms with Crippen LogP contribution in [0, 0.1) is 36.0 Å². The van der Waals surface area contributed by atoms with E-state index in [2.05, 4.69) is 0 Å². The Hall–Kier alpha value is -4.86. The Morgan fingerprint density at radius 2 is 0.744 bits per heavy atom. The van der Waals surface area contributed by atoms with Gasteiger partial charge in [-0.1, -0.05) is 6.07 Å². The summed E-state index contributed by atoms with van der Waals surface area (Å²) in [4.78, 5) is 34.2. The number of aryl methyl sites for hydroxylation is 1. The van der Waals surface area contributed by atoms with Gasteiger partial charge in [-0.25, -0.2) is 31.5 Å². The summed E-state index contributed by atoms with van der Waals surface area (Å²) in [5.74, 6) is -10.5. The molecule has 4 aromatic rings. The van der Waals surface area contributed by atoms with Crippen LogP contribution in [0.3, 0.4) is 0 Å². The molecule has 0 aromatic heterocycles. The van der Waals surface area contributed by atoms with Gasteiger partial charge in [-0.2, -0.15) is 0 Å². The fourth-order valence-corrected chi connectivity index (χ4v) is 4.37. The lowest BCUT2D eigenvalue weighted by Crippen LogP contribution is -2.05. The van der Waals surface area contributed by atoms with E-state index in [1.807, 2.05) is 0 Å². The summed E-state index contributed by atoms with van der Waals surface area (Å²) in [6, 6.07) is 9.63. The van der Waals surface area contributed by atoms with Gasteiger partial charge in [-0.3, -0.25) is 4.79 Å². The van der Waals surface area contributed by atoms with E-state index in [0.29, 0.717) is 0 Å². The van der Waals surface area contributed by atoms with E-state index in [0.717, 1.165) is 30.3 Å². The van der Waals surface area contributed by atoms with Crippen molar-refractivity contribution in [2.24, 2.45) is 0 Å². The molecule has 5 nitrogen and oxygen atoms in total. The van der Waals surface area contributed by atoms with Gasteiger partial charge >= 0.3 is 11.9 Å². The summed E-state index contributed by atoms with van der Waals surface area (Å²) >= 11 is 0. The summed E-state index contributed by atoms with van der Waals surface area (Å²) in [6.45, 7) is 2.69. The molecule has 10 heteroatoms. The van der Waals surface area contributed by atoms with Crippen LogP contribution in [-0.4, -0.2) is 27.9 Å². The van der Waals surface area contributed by atoms with Gasteiger partial charge in [0, 0.05) is 0 Å². The molecule has 4 rings (SSSR count). The minimum atomic E-state index is -1.83.